The molecule has 1 amide bonds. The lowest BCUT2D eigenvalue weighted by Crippen LogP contribution is -2.29. The van der Waals surface area contributed by atoms with Crippen molar-refractivity contribution >= 4 is 32.8 Å². The van der Waals surface area contributed by atoms with Gasteiger partial charge in [0.25, 0.3) is 5.91 Å². The summed E-state index contributed by atoms with van der Waals surface area (Å²) in [6.07, 6.45) is 0. The Morgan fingerprint density at radius 2 is 1.67 bits per heavy atom. The van der Waals surface area contributed by atoms with Crippen molar-refractivity contribution in [2.24, 2.45) is 0 Å². The molecule has 2 aromatic carbocycles. The Balaban J connectivity index is 1.68. The number of furan rings is 1. The maximum absolute atomic E-state index is 13.4. The fourth-order valence-electron chi connectivity index (χ4n) is 2.89. The average molecular weight is 442 g/mol. The van der Waals surface area contributed by atoms with Crippen LogP contribution < -0.4 is 4.90 Å². The minimum Gasteiger partial charge on any atom is -0.439 e. The van der Waals surface area contributed by atoms with Gasteiger partial charge in [-0.05, 0) is 60.0 Å². The Morgan fingerprint density at radius 3 is 2.33 bits per heavy atom. The molecule has 30 heavy (non-hydrogen) atoms. The van der Waals surface area contributed by atoms with Gasteiger partial charge in [0.2, 0.25) is 14.9 Å². The van der Waals surface area contributed by atoms with Gasteiger partial charge in [0.05, 0.1) is 11.4 Å². The number of carbonyl (C=O) groups excluding carboxylic acids is 1. The molecule has 4 rings (SSSR count). The molecule has 0 N–H and O–H groups in total. The maximum atomic E-state index is 13.4. The van der Waals surface area contributed by atoms with Crippen molar-refractivity contribution in [3.8, 4) is 0 Å². The van der Waals surface area contributed by atoms with Gasteiger partial charge in [-0.1, -0.05) is 24.3 Å². The number of hydrogen-bond donors (Lipinski definition) is 0. The fourth-order valence-corrected chi connectivity index (χ4v) is 4.78. The number of anilines is 1. The van der Waals surface area contributed by atoms with Crippen LogP contribution in [0.1, 0.15) is 15.4 Å². The largest absolute Gasteiger partial charge is 0.439 e. The smallest absolute Gasteiger partial charge is 0.294 e. The first kappa shape index (κ1) is 20.1. The summed E-state index contributed by atoms with van der Waals surface area (Å²) in [5.41, 5.74) is 0.471. The molecule has 0 aliphatic rings. The molecule has 0 aliphatic heterocycles. The van der Waals surface area contributed by atoms with Gasteiger partial charge in [0.1, 0.15) is 5.82 Å². The number of nitrogens with zero attached hydrogens (tertiary/aromatic N) is 1. The predicted molar refractivity (Wildman–Crippen MR) is 112 cm³/mol. The molecule has 0 saturated carbocycles. The molecule has 4 aromatic rings. The van der Waals surface area contributed by atoms with Crippen LogP contribution in [-0.2, 0) is 16.4 Å². The molecule has 0 aliphatic carbocycles. The molecule has 0 atom stereocenters. The molecule has 0 bridgehead atoms. The highest BCUT2D eigenvalue weighted by molar-refractivity contribution is 7.91. The molecule has 0 spiro atoms. The third-order valence-electron chi connectivity index (χ3n) is 4.39. The van der Waals surface area contributed by atoms with Crippen molar-refractivity contribution < 1.29 is 22.0 Å². The van der Waals surface area contributed by atoms with Crippen LogP contribution in [0.25, 0.3) is 0 Å². The number of sulfone groups is 1. The van der Waals surface area contributed by atoms with E-state index in [9.17, 15) is 17.6 Å². The van der Waals surface area contributed by atoms with Crippen molar-refractivity contribution in [3.05, 3.63) is 101 Å². The van der Waals surface area contributed by atoms with E-state index in [4.69, 9.17) is 4.42 Å². The molecule has 0 unspecified atom stereocenters. The first-order valence-corrected chi connectivity index (χ1v) is 11.3. The standard InChI is InChI=1S/C22H16FNO4S2/c23-16-8-10-17(11-9-16)24(15-18-5-4-14-29-18)22(25)20-12-13-21(28-20)30(26,27)19-6-2-1-3-7-19/h1-14H,15H2. The number of benzene rings is 2. The average Bonchev–Trinajstić information content (AvgIpc) is 3.45. The number of amides is 1. The van der Waals surface area contributed by atoms with Gasteiger partial charge in [-0.2, -0.15) is 0 Å². The van der Waals surface area contributed by atoms with E-state index < -0.39 is 21.6 Å². The lowest BCUT2D eigenvalue weighted by molar-refractivity contribution is 0.0953. The fraction of sp³-hybridized carbons (Fsp3) is 0.0455. The normalized spacial score (nSPS) is 11.4. The molecule has 0 fully saturated rings. The zero-order chi connectivity index (χ0) is 21.1. The Bertz CT molecular complexity index is 1250. The van der Waals surface area contributed by atoms with Gasteiger partial charge >= 0.3 is 0 Å². The molecular weight excluding hydrogens is 425 g/mol. The summed E-state index contributed by atoms with van der Waals surface area (Å²) in [5, 5.41) is 1.58. The van der Waals surface area contributed by atoms with Crippen molar-refractivity contribution in [1.82, 2.24) is 0 Å². The summed E-state index contributed by atoms with van der Waals surface area (Å²) >= 11 is 1.47. The van der Waals surface area contributed by atoms with E-state index in [0.29, 0.717) is 5.69 Å². The van der Waals surface area contributed by atoms with Crippen molar-refractivity contribution in [1.29, 1.82) is 0 Å². The van der Waals surface area contributed by atoms with Crippen LogP contribution in [0, 0.1) is 5.82 Å². The highest BCUT2D eigenvalue weighted by atomic mass is 32.2. The zero-order valence-corrected chi connectivity index (χ0v) is 17.2. The number of halogens is 1. The van der Waals surface area contributed by atoms with Crippen LogP contribution in [0.3, 0.4) is 0 Å². The number of thiophene rings is 1. The van der Waals surface area contributed by atoms with E-state index in [2.05, 4.69) is 0 Å². The van der Waals surface area contributed by atoms with E-state index in [-0.39, 0.29) is 22.3 Å². The van der Waals surface area contributed by atoms with Gasteiger partial charge in [-0.25, -0.2) is 12.8 Å². The Hall–Kier alpha value is -3.23. The van der Waals surface area contributed by atoms with Gasteiger partial charge < -0.3 is 9.32 Å². The molecule has 0 saturated heterocycles. The lowest BCUT2D eigenvalue weighted by atomic mass is 10.2. The summed E-state index contributed by atoms with van der Waals surface area (Å²) in [6, 6.07) is 19.7. The second-order valence-electron chi connectivity index (χ2n) is 6.38. The zero-order valence-electron chi connectivity index (χ0n) is 15.6. The Labute approximate surface area is 176 Å². The molecule has 2 aromatic heterocycles. The van der Waals surface area contributed by atoms with E-state index in [1.165, 1.54) is 64.8 Å². The monoisotopic (exact) mass is 441 g/mol. The van der Waals surface area contributed by atoms with Gasteiger partial charge in [0.15, 0.2) is 5.76 Å². The van der Waals surface area contributed by atoms with Gasteiger partial charge in [-0.3, -0.25) is 4.79 Å². The molecule has 8 heteroatoms. The van der Waals surface area contributed by atoms with Crippen LogP contribution in [0.5, 0.6) is 0 Å². The van der Waals surface area contributed by atoms with E-state index in [0.717, 1.165) is 4.88 Å². The topological polar surface area (TPSA) is 67.6 Å². The third-order valence-corrected chi connectivity index (χ3v) is 6.89. The van der Waals surface area contributed by atoms with E-state index >= 15 is 0 Å². The molecule has 152 valence electrons. The van der Waals surface area contributed by atoms with Crippen molar-refractivity contribution in [2.75, 3.05) is 4.90 Å². The van der Waals surface area contributed by atoms with Crippen LogP contribution >= 0.6 is 11.3 Å². The first-order valence-electron chi connectivity index (χ1n) is 8.95. The summed E-state index contributed by atoms with van der Waals surface area (Å²) < 4.78 is 44.3. The van der Waals surface area contributed by atoms with Crippen molar-refractivity contribution in [2.45, 2.75) is 16.5 Å². The van der Waals surface area contributed by atoms with Crippen LogP contribution in [-0.4, -0.2) is 14.3 Å². The van der Waals surface area contributed by atoms with E-state index in [1.807, 2.05) is 17.5 Å². The molecular formula is C22H16FNO4S2. The predicted octanol–water partition coefficient (Wildman–Crippen LogP) is 5.16. The van der Waals surface area contributed by atoms with Crippen LogP contribution in [0.2, 0.25) is 0 Å². The minimum atomic E-state index is -3.88. The maximum Gasteiger partial charge on any atom is 0.294 e. The highest BCUT2D eigenvalue weighted by Crippen LogP contribution is 2.26. The SMILES string of the molecule is O=C(c1ccc(S(=O)(=O)c2ccccc2)o1)N(Cc1cccs1)c1ccc(F)cc1. The van der Waals surface area contributed by atoms with Crippen molar-refractivity contribution in [3.63, 3.8) is 0 Å². The van der Waals surface area contributed by atoms with E-state index in [1.54, 1.807) is 18.2 Å². The van der Waals surface area contributed by atoms with Gasteiger partial charge in [-0.15, -0.1) is 11.3 Å². The second kappa shape index (κ2) is 8.25. The van der Waals surface area contributed by atoms with Crippen LogP contribution in [0.4, 0.5) is 10.1 Å². The summed E-state index contributed by atoms with van der Waals surface area (Å²) in [7, 11) is -3.88. The summed E-state index contributed by atoms with van der Waals surface area (Å²) in [4.78, 5) is 15.6. The Kier molecular flexibility index (Phi) is 5.52. The third kappa shape index (κ3) is 4.05. The molecule has 2 heterocycles. The number of rotatable bonds is 6. The second-order valence-corrected chi connectivity index (χ2v) is 9.30. The van der Waals surface area contributed by atoms with Gasteiger partial charge in [0, 0.05) is 10.6 Å². The summed E-state index contributed by atoms with van der Waals surface area (Å²) in [6.45, 7) is 0.240. The Morgan fingerprint density at radius 1 is 0.933 bits per heavy atom. The van der Waals surface area contributed by atoms with Crippen LogP contribution in [0.15, 0.2) is 98.6 Å². The summed E-state index contributed by atoms with van der Waals surface area (Å²) in [5.74, 6) is -1.06. The highest BCUT2D eigenvalue weighted by Gasteiger charge is 2.26. The minimum absolute atomic E-state index is 0.0762. The quantitative estimate of drug-likeness (QED) is 0.415. The lowest BCUT2D eigenvalue weighted by Gasteiger charge is -2.21. The first-order chi connectivity index (χ1) is 14.4. The molecule has 0 radical (unpaired) electrons. The number of hydrogen-bond acceptors (Lipinski definition) is 5. The molecule has 5 nitrogen and oxygen atoms in total. The number of carbonyl (C=O) groups is 1.